The number of methoxy groups -OCH3 is 1. The molecule has 1 atom stereocenters. The summed E-state index contributed by atoms with van der Waals surface area (Å²) < 4.78 is 5.41. The molecule has 208 valence electrons. The van der Waals surface area contributed by atoms with Gasteiger partial charge >= 0.3 is 0 Å². The smallest absolute Gasteiger partial charge is 0.253 e. The molecule has 1 spiro atoms. The van der Waals surface area contributed by atoms with E-state index < -0.39 is 0 Å². The highest BCUT2D eigenvalue weighted by Crippen LogP contribution is 2.42. The van der Waals surface area contributed by atoms with Gasteiger partial charge in [0.15, 0.2) is 0 Å². The van der Waals surface area contributed by atoms with Crippen molar-refractivity contribution in [1.29, 1.82) is 0 Å². The molecule has 40 heavy (non-hydrogen) atoms. The number of nitrogens with one attached hydrogen (secondary N) is 1. The number of carbonyl (C=O) groups excluding carboxylic acids is 2. The average Bonchev–Trinajstić information content (AvgIpc) is 3.58. The maximum absolute atomic E-state index is 13.7. The van der Waals surface area contributed by atoms with Crippen molar-refractivity contribution >= 4 is 17.5 Å². The number of anilines is 1. The van der Waals surface area contributed by atoms with E-state index in [1.165, 1.54) is 11.3 Å². The molecular formula is C33H38N4O3. The van der Waals surface area contributed by atoms with E-state index in [0.29, 0.717) is 5.56 Å². The number of likely N-dealkylation sites (tertiary alicyclic amines) is 1. The molecule has 0 bridgehead atoms. The van der Waals surface area contributed by atoms with Crippen molar-refractivity contribution in [3.05, 3.63) is 88.2 Å². The molecule has 1 N–H and O–H groups in total. The third kappa shape index (κ3) is 4.93. The fourth-order valence-corrected chi connectivity index (χ4v) is 6.87. The SMILES string of the molecule is COc1cc(C)c(C(=O)N[C@@H]2CCc3ccc(C(=O)N4CCC5(CCN(c6ccncc6)CC5)C4)cc32)cc1C. The minimum atomic E-state index is -0.0977. The lowest BCUT2D eigenvalue weighted by atomic mass is 9.77. The summed E-state index contributed by atoms with van der Waals surface area (Å²) in [6.07, 6.45) is 8.70. The van der Waals surface area contributed by atoms with Gasteiger partial charge < -0.3 is 19.9 Å². The van der Waals surface area contributed by atoms with Gasteiger partial charge in [0, 0.05) is 55.4 Å². The zero-order chi connectivity index (χ0) is 27.9. The standard InChI is InChI=1S/C33H38N4O3/c1-22-19-30(40-3)23(2)18-27(22)31(38)35-29-7-6-24-4-5-25(20-28(24)29)32(39)37-17-12-33(21-37)10-15-36(16-11-33)26-8-13-34-14-9-26/h4-5,8-9,13-14,18-20,29H,6-7,10-12,15-17,21H2,1-3H3,(H,35,38)/t29-/m1/s1. The number of rotatable bonds is 5. The van der Waals surface area contributed by atoms with E-state index in [0.717, 1.165) is 86.3 Å². The Balaban J connectivity index is 1.12. The number of nitrogens with zero attached hydrogens (tertiary/aromatic N) is 3. The second-order valence-corrected chi connectivity index (χ2v) is 11.8. The number of piperidine rings is 1. The summed E-state index contributed by atoms with van der Waals surface area (Å²) in [5, 5.41) is 3.24. The largest absolute Gasteiger partial charge is 0.496 e. The highest BCUT2D eigenvalue weighted by atomic mass is 16.5. The molecule has 6 rings (SSSR count). The van der Waals surface area contributed by atoms with Gasteiger partial charge in [0.25, 0.3) is 11.8 Å². The van der Waals surface area contributed by atoms with Gasteiger partial charge in [-0.15, -0.1) is 0 Å². The van der Waals surface area contributed by atoms with Crippen molar-refractivity contribution < 1.29 is 14.3 Å². The number of hydrogen-bond acceptors (Lipinski definition) is 5. The third-order valence-electron chi connectivity index (χ3n) is 9.34. The second kappa shape index (κ2) is 10.6. The Hall–Kier alpha value is -3.87. The van der Waals surface area contributed by atoms with E-state index in [1.54, 1.807) is 7.11 Å². The van der Waals surface area contributed by atoms with Gasteiger partial charge in [-0.1, -0.05) is 6.07 Å². The highest BCUT2D eigenvalue weighted by Gasteiger charge is 2.42. The van der Waals surface area contributed by atoms with Crippen LogP contribution in [0, 0.1) is 19.3 Å². The summed E-state index contributed by atoms with van der Waals surface area (Å²) in [7, 11) is 1.64. The molecule has 0 unspecified atom stereocenters. The number of amides is 2. The molecule has 3 heterocycles. The van der Waals surface area contributed by atoms with Crippen molar-refractivity contribution in [1.82, 2.24) is 15.2 Å². The second-order valence-electron chi connectivity index (χ2n) is 11.8. The summed E-state index contributed by atoms with van der Waals surface area (Å²) in [5.74, 6) is 0.804. The molecule has 7 heteroatoms. The van der Waals surface area contributed by atoms with Crippen molar-refractivity contribution in [3.8, 4) is 5.75 Å². The summed E-state index contributed by atoms with van der Waals surface area (Å²) in [6, 6.07) is 13.9. The van der Waals surface area contributed by atoms with Crippen molar-refractivity contribution in [3.63, 3.8) is 0 Å². The zero-order valence-corrected chi connectivity index (χ0v) is 23.7. The number of fused-ring (bicyclic) bond motifs is 1. The Morgan fingerprint density at radius 2 is 1.73 bits per heavy atom. The van der Waals surface area contributed by atoms with Crippen LogP contribution in [-0.2, 0) is 6.42 Å². The Labute approximate surface area is 236 Å². The van der Waals surface area contributed by atoms with Gasteiger partial charge in [0.2, 0.25) is 0 Å². The van der Waals surface area contributed by atoms with Gasteiger partial charge in [-0.05, 0) is 110 Å². The van der Waals surface area contributed by atoms with E-state index in [2.05, 4.69) is 38.3 Å². The van der Waals surface area contributed by atoms with Gasteiger partial charge in [-0.2, -0.15) is 0 Å². The topological polar surface area (TPSA) is 74.8 Å². The van der Waals surface area contributed by atoms with E-state index in [1.807, 2.05) is 50.5 Å². The molecule has 7 nitrogen and oxygen atoms in total. The van der Waals surface area contributed by atoms with E-state index >= 15 is 0 Å². The van der Waals surface area contributed by atoms with E-state index in [-0.39, 0.29) is 23.3 Å². The highest BCUT2D eigenvalue weighted by molar-refractivity contribution is 5.97. The predicted octanol–water partition coefficient (Wildman–Crippen LogP) is 5.26. The molecule has 1 aliphatic carbocycles. The number of aryl methyl sites for hydroxylation is 3. The molecule has 0 saturated carbocycles. The maximum atomic E-state index is 13.7. The van der Waals surface area contributed by atoms with Crippen molar-refractivity contribution in [2.75, 3.05) is 38.2 Å². The van der Waals surface area contributed by atoms with E-state index in [4.69, 9.17) is 4.74 Å². The van der Waals surface area contributed by atoms with Crippen molar-refractivity contribution in [2.45, 2.75) is 52.0 Å². The molecule has 2 amide bonds. The quantitative estimate of drug-likeness (QED) is 0.480. The number of ether oxygens (including phenoxy) is 1. The normalized spacial score (nSPS) is 19.5. The van der Waals surface area contributed by atoms with Crippen LogP contribution in [0.5, 0.6) is 5.75 Å². The Kier molecular flexibility index (Phi) is 6.99. The molecule has 1 aromatic heterocycles. The first kappa shape index (κ1) is 26.4. The molecule has 2 aromatic carbocycles. The summed E-state index contributed by atoms with van der Waals surface area (Å²) >= 11 is 0. The van der Waals surface area contributed by atoms with Crippen LogP contribution < -0.4 is 15.0 Å². The first-order valence-corrected chi connectivity index (χ1v) is 14.4. The number of carbonyl (C=O) groups is 2. The molecule has 3 aliphatic rings. The van der Waals surface area contributed by atoms with Crippen LogP contribution in [0.15, 0.2) is 54.9 Å². The monoisotopic (exact) mass is 538 g/mol. The van der Waals surface area contributed by atoms with Gasteiger partial charge in [-0.3, -0.25) is 14.6 Å². The minimum Gasteiger partial charge on any atom is -0.496 e. The molecule has 2 aliphatic heterocycles. The number of aromatic nitrogens is 1. The molecule has 0 radical (unpaired) electrons. The Morgan fingerprint density at radius 1 is 0.975 bits per heavy atom. The minimum absolute atomic E-state index is 0.0857. The fourth-order valence-electron chi connectivity index (χ4n) is 6.87. The van der Waals surface area contributed by atoms with Gasteiger partial charge in [0.05, 0.1) is 13.2 Å². The number of pyridine rings is 1. The lowest BCUT2D eigenvalue weighted by Crippen LogP contribution is -2.42. The number of hydrogen-bond donors (Lipinski definition) is 1. The summed E-state index contributed by atoms with van der Waals surface area (Å²) in [6.45, 7) is 7.54. The van der Waals surface area contributed by atoms with Crippen LogP contribution in [0.3, 0.4) is 0 Å². The van der Waals surface area contributed by atoms with Crippen LogP contribution in [0.1, 0.15) is 74.7 Å². The molecule has 3 aromatic rings. The van der Waals surface area contributed by atoms with Crippen LogP contribution in [-0.4, -0.2) is 55.0 Å². The Bertz CT molecular complexity index is 1430. The van der Waals surface area contributed by atoms with Crippen LogP contribution in [0.4, 0.5) is 5.69 Å². The van der Waals surface area contributed by atoms with Gasteiger partial charge in [-0.25, -0.2) is 0 Å². The maximum Gasteiger partial charge on any atom is 0.253 e. The molecule has 2 fully saturated rings. The van der Waals surface area contributed by atoms with Crippen LogP contribution in [0.25, 0.3) is 0 Å². The molecule has 2 saturated heterocycles. The summed E-state index contributed by atoms with van der Waals surface area (Å²) in [5.41, 5.74) is 6.93. The lowest BCUT2D eigenvalue weighted by molar-refractivity contribution is 0.0764. The Morgan fingerprint density at radius 3 is 2.48 bits per heavy atom. The average molecular weight is 539 g/mol. The fraction of sp³-hybridized carbons (Fsp3) is 0.424. The van der Waals surface area contributed by atoms with Crippen molar-refractivity contribution in [2.24, 2.45) is 5.41 Å². The van der Waals surface area contributed by atoms with Crippen LogP contribution in [0.2, 0.25) is 0 Å². The first-order chi connectivity index (χ1) is 19.4. The van der Waals surface area contributed by atoms with Gasteiger partial charge in [0.1, 0.15) is 5.75 Å². The number of benzene rings is 2. The summed E-state index contributed by atoms with van der Waals surface area (Å²) in [4.78, 5) is 35.5. The molecular weight excluding hydrogens is 500 g/mol. The predicted molar refractivity (Wildman–Crippen MR) is 156 cm³/mol. The first-order valence-electron chi connectivity index (χ1n) is 14.4. The van der Waals surface area contributed by atoms with E-state index in [9.17, 15) is 9.59 Å². The van der Waals surface area contributed by atoms with Crippen LogP contribution >= 0.6 is 0 Å². The lowest BCUT2D eigenvalue weighted by Gasteiger charge is -2.40. The third-order valence-corrected chi connectivity index (χ3v) is 9.34. The zero-order valence-electron chi connectivity index (χ0n) is 23.7.